The molecule has 9 heteroatoms. The van der Waals surface area contributed by atoms with Gasteiger partial charge in [-0.05, 0) is 44.0 Å². The number of ether oxygens (including phenoxy) is 4. The second-order valence-electron chi connectivity index (χ2n) is 7.62. The molecule has 1 aliphatic heterocycles. The summed E-state index contributed by atoms with van der Waals surface area (Å²) in [5, 5.41) is 0. The van der Waals surface area contributed by atoms with Crippen LogP contribution < -0.4 is 14.2 Å². The second-order valence-corrected chi connectivity index (χ2v) is 9.56. The first-order valence-corrected chi connectivity index (χ1v) is 11.8. The topological polar surface area (TPSA) is 91.4 Å². The summed E-state index contributed by atoms with van der Waals surface area (Å²) in [5.74, 6) is 0.801. The van der Waals surface area contributed by atoms with E-state index in [1.807, 2.05) is 25.1 Å². The van der Waals surface area contributed by atoms with E-state index < -0.39 is 10.0 Å². The highest BCUT2D eigenvalue weighted by Crippen LogP contribution is 2.32. The highest BCUT2D eigenvalue weighted by Gasteiger charge is 2.33. The van der Waals surface area contributed by atoms with Gasteiger partial charge in [-0.1, -0.05) is 11.6 Å². The molecule has 0 N–H and O–H groups in total. The van der Waals surface area contributed by atoms with Crippen LogP contribution in [0.2, 0.25) is 0 Å². The Kier molecular flexibility index (Phi) is 7.63. The van der Waals surface area contributed by atoms with Gasteiger partial charge in [0.05, 0.1) is 32.1 Å². The molecule has 8 nitrogen and oxygen atoms in total. The van der Waals surface area contributed by atoms with Gasteiger partial charge in [0.15, 0.2) is 11.5 Å². The van der Waals surface area contributed by atoms with Gasteiger partial charge in [0.25, 0.3) is 0 Å². The standard InChI is InChI=1S/C23H29NO7S/c1-16-5-7-20(28-2)18(13-16)15-31-23(25)17-9-11-24(12-10-17)32(26,27)19-6-8-21(29-3)22(14-19)30-4/h5-8,13-14,17H,9-12,15H2,1-4H3. The molecule has 0 aromatic heterocycles. The Morgan fingerprint density at radius 2 is 1.56 bits per heavy atom. The summed E-state index contributed by atoms with van der Waals surface area (Å²) in [5.41, 5.74) is 1.85. The summed E-state index contributed by atoms with van der Waals surface area (Å²) in [7, 11) is 0.812. The van der Waals surface area contributed by atoms with E-state index in [0.29, 0.717) is 30.1 Å². The van der Waals surface area contributed by atoms with Crippen LogP contribution in [0, 0.1) is 12.8 Å². The first kappa shape index (κ1) is 23.9. The zero-order valence-corrected chi connectivity index (χ0v) is 19.6. The van der Waals surface area contributed by atoms with Crippen molar-refractivity contribution in [3.05, 3.63) is 47.5 Å². The molecule has 1 fully saturated rings. The molecular weight excluding hydrogens is 434 g/mol. The third kappa shape index (κ3) is 5.16. The van der Waals surface area contributed by atoms with Crippen molar-refractivity contribution in [2.45, 2.75) is 31.3 Å². The van der Waals surface area contributed by atoms with E-state index in [4.69, 9.17) is 18.9 Å². The van der Waals surface area contributed by atoms with Gasteiger partial charge in [0.2, 0.25) is 10.0 Å². The van der Waals surface area contributed by atoms with Gasteiger partial charge >= 0.3 is 5.97 Å². The van der Waals surface area contributed by atoms with Crippen LogP contribution in [0.1, 0.15) is 24.0 Å². The average Bonchev–Trinajstić information content (AvgIpc) is 2.82. The minimum atomic E-state index is -3.71. The van der Waals surface area contributed by atoms with Gasteiger partial charge in [-0.2, -0.15) is 4.31 Å². The molecule has 0 aliphatic carbocycles. The molecule has 2 aromatic carbocycles. The summed E-state index contributed by atoms with van der Waals surface area (Å²) < 4.78 is 48.7. The summed E-state index contributed by atoms with van der Waals surface area (Å²) in [6.45, 7) is 2.56. The number of aryl methyl sites for hydroxylation is 1. The molecule has 3 rings (SSSR count). The number of carbonyl (C=O) groups is 1. The minimum Gasteiger partial charge on any atom is -0.496 e. The molecular formula is C23H29NO7S. The Labute approximate surface area is 189 Å². The van der Waals surface area contributed by atoms with E-state index in [9.17, 15) is 13.2 Å². The summed E-state index contributed by atoms with van der Waals surface area (Å²) in [6.07, 6.45) is 0.798. The first-order chi connectivity index (χ1) is 15.3. The van der Waals surface area contributed by atoms with Crippen molar-refractivity contribution >= 4 is 16.0 Å². The molecule has 1 aliphatic rings. The summed E-state index contributed by atoms with van der Waals surface area (Å²) in [4.78, 5) is 12.7. The van der Waals surface area contributed by atoms with Crippen LogP contribution in [0.5, 0.6) is 17.2 Å². The Balaban J connectivity index is 1.61. The lowest BCUT2D eigenvalue weighted by Gasteiger charge is -2.30. The van der Waals surface area contributed by atoms with Crippen molar-refractivity contribution in [1.82, 2.24) is 4.31 Å². The molecule has 0 unspecified atom stereocenters. The van der Waals surface area contributed by atoms with Crippen molar-refractivity contribution in [2.75, 3.05) is 34.4 Å². The van der Waals surface area contributed by atoms with Crippen molar-refractivity contribution in [3.8, 4) is 17.2 Å². The van der Waals surface area contributed by atoms with Gasteiger partial charge in [-0.15, -0.1) is 0 Å². The van der Waals surface area contributed by atoms with Crippen LogP contribution in [-0.2, 0) is 26.2 Å². The number of methoxy groups -OCH3 is 3. The predicted molar refractivity (Wildman–Crippen MR) is 119 cm³/mol. The van der Waals surface area contributed by atoms with E-state index in [2.05, 4.69) is 0 Å². The Bertz CT molecular complexity index is 1060. The molecule has 0 amide bonds. The maximum atomic E-state index is 13.0. The lowest BCUT2D eigenvalue weighted by atomic mass is 9.98. The van der Waals surface area contributed by atoms with Gasteiger partial charge < -0.3 is 18.9 Å². The van der Waals surface area contributed by atoms with Gasteiger partial charge in [-0.3, -0.25) is 4.79 Å². The van der Waals surface area contributed by atoms with Gasteiger partial charge in [0.1, 0.15) is 12.4 Å². The Morgan fingerprint density at radius 3 is 2.19 bits per heavy atom. The highest BCUT2D eigenvalue weighted by molar-refractivity contribution is 7.89. The number of rotatable bonds is 8. The van der Waals surface area contributed by atoms with E-state index in [1.165, 1.54) is 30.7 Å². The van der Waals surface area contributed by atoms with Crippen LogP contribution >= 0.6 is 0 Å². The maximum absolute atomic E-state index is 13.0. The van der Waals surface area contributed by atoms with Gasteiger partial charge in [-0.25, -0.2) is 8.42 Å². The molecule has 174 valence electrons. The number of carbonyl (C=O) groups excluding carboxylic acids is 1. The smallest absolute Gasteiger partial charge is 0.309 e. The number of hydrogen-bond acceptors (Lipinski definition) is 7. The predicted octanol–water partition coefficient (Wildman–Crippen LogP) is 3.16. The number of sulfonamides is 1. The molecule has 32 heavy (non-hydrogen) atoms. The Hall–Kier alpha value is -2.78. The number of nitrogens with zero attached hydrogens (tertiary/aromatic N) is 1. The fourth-order valence-corrected chi connectivity index (χ4v) is 5.23. The van der Waals surface area contributed by atoms with Crippen LogP contribution in [0.15, 0.2) is 41.3 Å². The third-order valence-electron chi connectivity index (χ3n) is 5.59. The van der Waals surface area contributed by atoms with E-state index >= 15 is 0 Å². The summed E-state index contributed by atoms with van der Waals surface area (Å²) in [6, 6.07) is 10.2. The lowest BCUT2D eigenvalue weighted by molar-refractivity contribution is -0.151. The van der Waals surface area contributed by atoms with Crippen LogP contribution in [-0.4, -0.2) is 53.1 Å². The van der Waals surface area contributed by atoms with Crippen molar-refractivity contribution in [2.24, 2.45) is 5.92 Å². The monoisotopic (exact) mass is 463 g/mol. The largest absolute Gasteiger partial charge is 0.496 e. The van der Waals surface area contributed by atoms with Crippen molar-refractivity contribution in [3.63, 3.8) is 0 Å². The SMILES string of the molecule is COc1ccc(C)cc1COC(=O)C1CCN(S(=O)(=O)c2ccc(OC)c(OC)c2)CC1. The number of benzene rings is 2. The first-order valence-electron chi connectivity index (χ1n) is 10.3. The molecule has 2 aromatic rings. The van der Waals surface area contributed by atoms with Gasteiger partial charge in [0, 0.05) is 24.7 Å². The fraction of sp³-hybridized carbons (Fsp3) is 0.435. The van der Waals surface area contributed by atoms with Crippen molar-refractivity contribution < 1.29 is 32.2 Å². The van der Waals surface area contributed by atoms with E-state index in [-0.39, 0.29) is 36.5 Å². The third-order valence-corrected chi connectivity index (χ3v) is 7.48. The van der Waals surface area contributed by atoms with Crippen molar-refractivity contribution in [1.29, 1.82) is 0 Å². The molecule has 0 atom stereocenters. The maximum Gasteiger partial charge on any atom is 0.309 e. The number of esters is 1. The fourth-order valence-electron chi connectivity index (χ4n) is 3.74. The minimum absolute atomic E-state index is 0.119. The zero-order chi connectivity index (χ0) is 23.3. The summed E-state index contributed by atoms with van der Waals surface area (Å²) >= 11 is 0. The molecule has 0 saturated carbocycles. The average molecular weight is 464 g/mol. The lowest BCUT2D eigenvalue weighted by Crippen LogP contribution is -2.40. The molecule has 0 bridgehead atoms. The van der Waals surface area contributed by atoms with Crippen LogP contribution in [0.25, 0.3) is 0 Å². The normalized spacial score (nSPS) is 15.2. The molecule has 1 heterocycles. The second kappa shape index (κ2) is 10.2. The number of hydrogen-bond donors (Lipinski definition) is 0. The van der Waals surface area contributed by atoms with E-state index in [0.717, 1.165) is 11.1 Å². The highest BCUT2D eigenvalue weighted by atomic mass is 32.2. The van der Waals surface area contributed by atoms with Crippen LogP contribution in [0.3, 0.4) is 0 Å². The Morgan fingerprint density at radius 1 is 0.938 bits per heavy atom. The molecule has 0 radical (unpaired) electrons. The quantitative estimate of drug-likeness (QED) is 0.555. The van der Waals surface area contributed by atoms with E-state index in [1.54, 1.807) is 13.2 Å². The zero-order valence-electron chi connectivity index (χ0n) is 18.8. The van der Waals surface area contributed by atoms with Crippen LogP contribution in [0.4, 0.5) is 0 Å². The molecule has 1 saturated heterocycles. The molecule has 0 spiro atoms. The number of piperidine rings is 1.